The Labute approximate surface area is 255 Å². The summed E-state index contributed by atoms with van der Waals surface area (Å²) in [6.45, 7) is 5.88. The Bertz CT molecular complexity index is 1760. The Morgan fingerprint density at radius 3 is 2.68 bits per heavy atom. The highest BCUT2D eigenvalue weighted by atomic mass is 19.1. The predicted molar refractivity (Wildman–Crippen MR) is 164 cm³/mol. The second kappa shape index (κ2) is 11.3. The number of halogens is 1. The molecular formula is C33H37FN6O4. The summed E-state index contributed by atoms with van der Waals surface area (Å²) in [6.07, 6.45) is 4.61. The van der Waals surface area contributed by atoms with E-state index in [1.807, 2.05) is 26.2 Å². The first kappa shape index (κ1) is 29.7. The van der Waals surface area contributed by atoms with E-state index in [1.165, 1.54) is 12.1 Å². The minimum Gasteiger partial charge on any atom is -0.443 e. The lowest BCUT2D eigenvalue weighted by molar-refractivity contribution is 0.0248. The van der Waals surface area contributed by atoms with Crippen LogP contribution in [0.5, 0.6) is 0 Å². The largest absolute Gasteiger partial charge is 0.443 e. The smallest absolute Gasteiger partial charge is 0.417 e. The van der Waals surface area contributed by atoms with E-state index >= 15 is 0 Å². The Morgan fingerprint density at radius 2 is 1.98 bits per heavy atom. The average molecular weight is 601 g/mol. The summed E-state index contributed by atoms with van der Waals surface area (Å²) in [5.41, 5.74) is 4.50. The van der Waals surface area contributed by atoms with Crippen LogP contribution in [0.2, 0.25) is 0 Å². The van der Waals surface area contributed by atoms with Crippen molar-refractivity contribution >= 4 is 29.2 Å². The van der Waals surface area contributed by atoms with Gasteiger partial charge in [0.25, 0.3) is 5.91 Å². The monoisotopic (exact) mass is 600 g/mol. The molecule has 2 N–H and O–H groups in total. The number of aliphatic hydroxyl groups excluding tert-OH is 1. The summed E-state index contributed by atoms with van der Waals surface area (Å²) in [6, 6.07) is 10.3. The second-order valence-corrected chi connectivity index (χ2v) is 12.9. The summed E-state index contributed by atoms with van der Waals surface area (Å²) in [5.74, 6) is -0.0775. The molecule has 1 aliphatic carbocycles. The number of fused-ring (bicyclic) bond motifs is 2. The Kier molecular flexibility index (Phi) is 7.63. The highest BCUT2D eigenvalue weighted by molar-refractivity contribution is 6.11. The molecule has 0 saturated heterocycles. The molecule has 2 aliphatic rings. The number of nitrogens with zero attached hydrogens (tertiary/aromatic N) is 5. The van der Waals surface area contributed by atoms with Crippen molar-refractivity contribution in [2.45, 2.75) is 70.7 Å². The fraction of sp³-hybridized carbons (Fsp3) is 0.394. The Morgan fingerprint density at radius 1 is 1.18 bits per heavy atom. The topological polar surface area (TPSA) is 112 Å². The molecule has 0 spiro atoms. The van der Waals surface area contributed by atoms with Crippen molar-refractivity contribution < 1.29 is 23.8 Å². The molecule has 230 valence electrons. The zero-order valence-corrected chi connectivity index (χ0v) is 25.6. The molecule has 0 radical (unpaired) electrons. The van der Waals surface area contributed by atoms with Crippen molar-refractivity contribution in [2.24, 2.45) is 0 Å². The number of imidazole rings is 1. The van der Waals surface area contributed by atoms with Gasteiger partial charge in [-0.1, -0.05) is 12.1 Å². The van der Waals surface area contributed by atoms with E-state index in [0.29, 0.717) is 46.1 Å². The van der Waals surface area contributed by atoms with E-state index in [-0.39, 0.29) is 18.6 Å². The van der Waals surface area contributed by atoms with Crippen LogP contribution in [0.1, 0.15) is 73.1 Å². The third-order valence-electron chi connectivity index (χ3n) is 8.04. The van der Waals surface area contributed by atoms with Gasteiger partial charge < -0.3 is 20.1 Å². The number of amides is 2. The van der Waals surface area contributed by atoms with Crippen molar-refractivity contribution in [1.29, 1.82) is 0 Å². The summed E-state index contributed by atoms with van der Waals surface area (Å²) in [4.78, 5) is 39.5. The molecule has 1 fully saturated rings. The molecule has 3 aromatic heterocycles. The summed E-state index contributed by atoms with van der Waals surface area (Å²) < 4.78 is 21.2. The zero-order chi connectivity index (χ0) is 31.3. The number of aliphatic hydroxyl groups is 1. The van der Waals surface area contributed by atoms with E-state index in [0.717, 1.165) is 35.4 Å². The van der Waals surface area contributed by atoms with E-state index in [1.54, 1.807) is 43.6 Å². The first-order chi connectivity index (χ1) is 20.9. The number of carbonyl (C=O) groups excluding carboxylic acids is 2. The molecule has 2 atom stereocenters. The SMILES string of the molecule is CN(C)Cc1nc(Nc2ccc(-c3cnc4cc(F)ccn34)c3c2C(=O)N(C(=O)OC(C)(C)C)C3)ccc1C1CC[C@H](O)C1. The minimum atomic E-state index is -0.786. The number of aromatic nitrogens is 3. The molecule has 1 aromatic carbocycles. The lowest BCUT2D eigenvalue weighted by atomic mass is 9.95. The fourth-order valence-corrected chi connectivity index (χ4v) is 6.14. The fourth-order valence-electron chi connectivity index (χ4n) is 6.14. The van der Waals surface area contributed by atoms with Crippen molar-refractivity contribution in [3.63, 3.8) is 0 Å². The second-order valence-electron chi connectivity index (χ2n) is 12.9. The van der Waals surface area contributed by atoms with Crippen LogP contribution in [0.4, 0.5) is 20.7 Å². The molecule has 11 heteroatoms. The maximum absolute atomic E-state index is 13.9. The summed E-state index contributed by atoms with van der Waals surface area (Å²) in [5, 5.41) is 13.5. The summed E-state index contributed by atoms with van der Waals surface area (Å²) in [7, 11) is 3.97. The van der Waals surface area contributed by atoms with Crippen LogP contribution < -0.4 is 5.32 Å². The average Bonchev–Trinajstić information content (AvgIpc) is 3.65. The third-order valence-corrected chi connectivity index (χ3v) is 8.04. The van der Waals surface area contributed by atoms with Crippen LogP contribution in [0.25, 0.3) is 16.9 Å². The maximum atomic E-state index is 13.9. The van der Waals surface area contributed by atoms with Crippen LogP contribution in [-0.4, -0.2) is 67.1 Å². The molecular weight excluding hydrogens is 563 g/mol. The van der Waals surface area contributed by atoms with Crippen LogP contribution >= 0.6 is 0 Å². The number of pyridine rings is 2. The van der Waals surface area contributed by atoms with E-state index in [2.05, 4.69) is 21.3 Å². The van der Waals surface area contributed by atoms with Crippen molar-refractivity contribution in [3.8, 4) is 11.3 Å². The lowest BCUT2D eigenvalue weighted by Gasteiger charge is -2.23. The zero-order valence-electron chi connectivity index (χ0n) is 25.6. The number of rotatable bonds is 6. The number of imide groups is 1. The Balaban J connectivity index is 1.41. The number of hydrogen-bond acceptors (Lipinski definition) is 8. The number of anilines is 2. The lowest BCUT2D eigenvalue weighted by Crippen LogP contribution is -2.37. The predicted octanol–water partition coefficient (Wildman–Crippen LogP) is 5.86. The first-order valence-corrected chi connectivity index (χ1v) is 14.8. The van der Waals surface area contributed by atoms with Crippen LogP contribution in [0, 0.1) is 5.82 Å². The van der Waals surface area contributed by atoms with Gasteiger partial charge in [-0.2, -0.15) is 0 Å². The highest BCUT2D eigenvalue weighted by Gasteiger charge is 2.39. The Hall–Kier alpha value is -4.35. The molecule has 4 heterocycles. The molecule has 44 heavy (non-hydrogen) atoms. The molecule has 4 aromatic rings. The molecule has 10 nitrogen and oxygen atoms in total. The van der Waals surface area contributed by atoms with Crippen molar-refractivity contribution in [3.05, 3.63) is 77.0 Å². The van der Waals surface area contributed by atoms with Gasteiger partial charge >= 0.3 is 6.09 Å². The van der Waals surface area contributed by atoms with Gasteiger partial charge in [0.1, 0.15) is 22.9 Å². The van der Waals surface area contributed by atoms with Crippen LogP contribution in [0.3, 0.4) is 0 Å². The van der Waals surface area contributed by atoms with Gasteiger partial charge in [0.05, 0.1) is 41.5 Å². The highest BCUT2D eigenvalue weighted by Crippen LogP contribution is 2.40. The summed E-state index contributed by atoms with van der Waals surface area (Å²) >= 11 is 0. The quantitative estimate of drug-likeness (QED) is 0.283. The van der Waals surface area contributed by atoms with Crippen molar-refractivity contribution in [2.75, 3.05) is 19.4 Å². The number of nitrogens with one attached hydrogen (secondary N) is 1. The van der Waals surface area contributed by atoms with E-state index < -0.39 is 23.4 Å². The molecule has 2 amide bonds. The molecule has 6 rings (SSSR count). The first-order valence-electron chi connectivity index (χ1n) is 14.8. The molecule has 1 saturated carbocycles. The molecule has 1 aliphatic heterocycles. The van der Waals surface area contributed by atoms with Gasteiger partial charge in [-0.25, -0.2) is 24.1 Å². The van der Waals surface area contributed by atoms with Gasteiger partial charge in [0, 0.05) is 24.4 Å². The van der Waals surface area contributed by atoms with Gasteiger partial charge in [0.15, 0.2) is 0 Å². The third kappa shape index (κ3) is 5.77. The maximum Gasteiger partial charge on any atom is 0.417 e. The van der Waals surface area contributed by atoms with Gasteiger partial charge in [-0.15, -0.1) is 0 Å². The van der Waals surface area contributed by atoms with Crippen LogP contribution in [-0.2, 0) is 17.8 Å². The van der Waals surface area contributed by atoms with Gasteiger partial charge in [-0.05, 0) is 89.4 Å². The van der Waals surface area contributed by atoms with Gasteiger partial charge in [0.2, 0.25) is 0 Å². The van der Waals surface area contributed by atoms with Crippen LogP contribution in [0.15, 0.2) is 48.8 Å². The molecule has 1 unspecified atom stereocenters. The van der Waals surface area contributed by atoms with E-state index in [9.17, 15) is 19.1 Å². The number of carbonyl (C=O) groups is 2. The normalized spacial score (nSPS) is 18.4. The van der Waals surface area contributed by atoms with Crippen molar-refractivity contribution in [1.82, 2.24) is 24.2 Å². The minimum absolute atomic E-state index is 0.00458. The standard InChI is InChI=1S/C33H37FN6O4/c1-33(2,3)44-32(43)40-17-24-23(27-16-35-29-15-20(34)12-13-39(27)29)8-10-25(30(24)31(40)42)36-28-11-9-22(19-6-7-21(41)14-19)26(37-28)18-38(4)5/h8-13,15-16,19,21,41H,6-7,14,17-18H2,1-5H3,(H,36,37)/t19?,21-/m0/s1. The van der Waals surface area contributed by atoms with Gasteiger partial charge in [-0.3, -0.25) is 9.20 Å². The molecule has 0 bridgehead atoms. The number of benzene rings is 1. The van der Waals surface area contributed by atoms with E-state index in [4.69, 9.17) is 9.72 Å². The number of ether oxygens (including phenoxy) is 1. The number of hydrogen-bond donors (Lipinski definition) is 2.